The van der Waals surface area contributed by atoms with Crippen molar-refractivity contribution < 1.29 is 4.79 Å². The molecule has 0 amide bonds. The van der Waals surface area contributed by atoms with E-state index in [1.807, 2.05) is 0 Å². The van der Waals surface area contributed by atoms with Crippen LogP contribution in [0.1, 0.15) is 40.5 Å². The standard InChI is InChI=1S/C12H23NO/c1-10-9-13(7-5-11(2)14)8-6-12(10,3)4/h10H,5-9H2,1-4H3. The van der Waals surface area contributed by atoms with Crippen molar-refractivity contribution >= 4 is 5.78 Å². The molecule has 0 N–H and O–H groups in total. The molecule has 0 saturated carbocycles. The third-order valence-electron chi connectivity index (χ3n) is 3.72. The monoisotopic (exact) mass is 197 g/mol. The van der Waals surface area contributed by atoms with Crippen molar-refractivity contribution in [2.75, 3.05) is 19.6 Å². The maximum absolute atomic E-state index is 10.9. The number of carbonyl (C=O) groups is 1. The van der Waals surface area contributed by atoms with Gasteiger partial charge in [-0.1, -0.05) is 20.8 Å². The van der Waals surface area contributed by atoms with E-state index in [0.29, 0.717) is 17.6 Å². The van der Waals surface area contributed by atoms with Crippen molar-refractivity contribution in [2.24, 2.45) is 11.3 Å². The molecular weight excluding hydrogens is 174 g/mol. The summed E-state index contributed by atoms with van der Waals surface area (Å²) in [5, 5.41) is 0. The molecule has 82 valence electrons. The lowest BCUT2D eigenvalue weighted by Gasteiger charge is -2.42. The predicted octanol–water partition coefficient (Wildman–Crippen LogP) is 2.33. The van der Waals surface area contributed by atoms with Gasteiger partial charge < -0.3 is 4.90 Å². The van der Waals surface area contributed by atoms with Gasteiger partial charge in [-0.25, -0.2) is 0 Å². The third kappa shape index (κ3) is 3.09. The minimum Gasteiger partial charge on any atom is -0.303 e. The van der Waals surface area contributed by atoms with Crippen molar-refractivity contribution in [3.05, 3.63) is 0 Å². The van der Waals surface area contributed by atoms with E-state index < -0.39 is 0 Å². The summed E-state index contributed by atoms with van der Waals surface area (Å²) in [5.74, 6) is 1.05. The average Bonchev–Trinajstić information content (AvgIpc) is 2.07. The molecule has 2 nitrogen and oxygen atoms in total. The van der Waals surface area contributed by atoms with Gasteiger partial charge in [-0.15, -0.1) is 0 Å². The molecule has 0 radical (unpaired) electrons. The van der Waals surface area contributed by atoms with Gasteiger partial charge >= 0.3 is 0 Å². The Kier molecular flexibility index (Phi) is 3.71. The Morgan fingerprint density at radius 2 is 2.14 bits per heavy atom. The molecule has 1 unspecified atom stereocenters. The van der Waals surface area contributed by atoms with Crippen molar-refractivity contribution in [1.82, 2.24) is 4.90 Å². The summed E-state index contributed by atoms with van der Waals surface area (Å²) in [6.45, 7) is 12.0. The zero-order chi connectivity index (χ0) is 10.8. The smallest absolute Gasteiger partial charge is 0.131 e. The van der Waals surface area contributed by atoms with E-state index in [1.54, 1.807) is 6.92 Å². The Balaban J connectivity index is 2.35. The molecule has 0 bridgehead atoms. The highest BCUT2D eigenvalue weighted by atomic mass is 16.1. The first-order valence-electron chi connectivity index (χ1n) is 5.63. The van der Waals surface area contributed by atoms with Crippen LogP contribution in [0.4, 0.5) is 0 Å². The maximum Gasteiger partial charge on any atom is 0.131 e. The highest BCUT2D eigenvalue weighted by molar-refractivity contribution is 5.75. The SMILES string of the molecule is CC(=O)CCN1CCC(C)(C)C(C)C1. The highest BCUT2D eigenvalue weighted by Gasteiger charge is 2.31. The average molecular weight is 197 g/mol. The Morgan fingerprint density at radius 1 is 1.50 bits per heavy atom. The van der Waals surface area contributed by atoms with Crippen LogP contribution in [0, 0.1) is 11.3 Å². The van der Waals surface area contributed by atoms with E-state index in [0.717, 1.165) is 25.6 Å². The van der Waals surface area contributed by atoms with Crippen LogP contribution < -0.4 is 0 Å². The Bertz CT molecular complexity index is 210. The summed E-state index contributed by atoms with van der Waals surface area (Å²) in [5.41, 5.74) is 0.479. The van der Waals surface area contributed by atoms with Crippen LogP contribution in [-0.4, -0.2) is 30.3 Å². The number of nitrogens with zero attached hydrogens (tertiary/aromatic N) is 1. The lowest BCUT2D eigenvalue weighted by molar-refractivity contribution is -0.117. The molecule has 1 heterocycles. The van der Waals surface area contributed by atoms with Crippen LogP contribution in [0.5, 0.6) is 0 Å². The van der Waals surface area contributed by atoms with Gasteiger partial charge in [-0.05, 0) is 31.2 Å². The minimum atomic E-state index is 0.308. The summed E-state index contributed by atoms with van der Waals surface area (Å²) in [4.78, 5) is 13.3. The van der Waals surface area contributed by atoms with Gasteiger partial charge in [0.05, 0.1) is 0 Å². The molecule has 0 aromatic rings. The van der Waals surface area contributed by atoms with Gasteiger partial charge in [0, 0.05) is 19.5 Å². The number of rotatable bonds is 3. The van der Waals surface area contributed by atoms with Gasteiger partial charge in [0.25, 0.3) is 0 Å². The summed E-state index contributed by atoms with van der Waals surface area (Å²) < 4.78 is 0. The molecule has 0 aromatic carbocycles. The zero-order valence-corrected chi connectivity index (χ0v) is 9.97. The normalized spacial score (nSPS) is 27.6. The summed E-state index contributed by atoms with van der Waals surface area (Å²) in [6.07, 6.45) is 1.97. The van der Waals surface area contributed by atoms with Crippen LogP contribution >= 0.6 is 0 Å². The molecule has 0 aromatic heterocycles. The van der Waals surface area contributed by atoms with Crippen molar-refractivity contribution in [2.45, 2.75) is 40.5 Å². The van der Waals surface area contributed by atoms with Crippen molar-refractivity contribution in [3.63, 3.8) is 0 Å². The second-order valence-electron chi connectivity index (χ2n) is 5.39. The molecule has 1 aliphatic rings. The fraction of sp³-hybridized carbons (Fsp3) is 0.917. The fourth-order valence-corrected chi connectivity index (χ4v) is 1.94. The van der Waals surface area contributed by atoms with E-state index in [1.165, 1.54) is 6.42 Å². The molecule has 1 rings (SSSR count). The van der Waals surface area contributed by atoms with E-state index in [2.05, 4.69) is 25.7 Å². The second kappa shape index (κ2) is 4.43. The van der Waals surface area contributed by atoms with Gasteiger partial charge in [-0.2, -0.15) is 0 Å². The maximum atomic E-state index is 10.9. The molecule has 14 heavy (non-hydrogen) atoms. The lowest BCUT2D eigenvalue weighted by atomic mass is 9.74. The molecule has 0 aliphatic carbocycles. The first-order valence-corrected chi connectivity index (χ1v) is 5.63. The first-order chi connectivity index (χ1) is 6.42. The largest absolute Gasteiger partial charge is 0.303 e. The molecule has 1 aliphatic heterocycles. The molecular formula is C12H23NO. The Morgan fingerprint density at radius 3 is 2.64 bits per heavy atom. The van der Waals surface area contributed by atoms with Crippen molar-refractivity contribution in [3.8, 4) is 0 Å². The topological polar surface area (TPSA) is 20.3 Å². The third-order valence-corrected chi connectivity index (χ3v) is 3.72. The first kappa shape index (κ1) is 11.7. The van der Waals surface area contributed by atoms with Crippen LogP contribution in [0.25, 0.3) is 0 Å². The minimum absolute atomic E-state index is 0.308. The van der Waals surface area contributed by atoms with Gasteiger partial charge in [0.15, 0.2) is 0 Å². The molecule has 1 saturated heterocycles. The second-order valence-corrected chi connectivity index (χ2v) is 5.39. The van der Waals surface area contributed by atoms with Crippen LogP contribution in [0.3, 0.4) is 0 Å². The predicted molar refractivity (Wildman–Crippen MR) is 59.3 cm³/mol. The number of ketones is 1. The van der Waals surface area contributed by atoms with Crippen LogP contribution in [0.15, 0.2) is 0 Å². The van der Waals surface area contributed by atoms with Gasteiger partial charge in [-0.3, -0.25) is 4.79 Å². The van der Waals surface area contributed by atoms with E-state index in [9.17, 15) is 4.79 Å². The summed E-state index contributed by atoms with van der Waals surface area (Å²) >= 11 is 0. The van der Waals surface area contributed by atoms with Crippen molar-refractivity contribution in [1.29, 1.82) is 0 Å². The molecule has 2 heteroatoms. The van der Waals surface area contributed by atoms with E-state index >= 15 is 0 Å². The van der Waals surface area contributed by atoms with Gasteiger partial charge in [0.1, 0.15) is 5.78 Å². The molecule has 1 atom stereocenters. The van der Waals surface area contributed by atoms with Crippen LogP contribution in [-0.2, 0) is 4.79 Å². The number of likely N-dealkylation sites (tertiary alicyclic amines) is 1. The number of piperidine rings is 1. The highest BCUT2D eigenvalue weighted by Crippen LogP contribution is 2.34. The quantitative estimate of drug-likeness (QED) is 0.692. The number of Topliss-reactive ketones (excluding diaryl/α,β-unsaturated/α-hetero) is 1. The number of hydrogen-bond donors (Lipinski definition) is 0. The summed E-state index contributed by atoms with van der Waals surface area (Å²) in [6, 6.07) is 0. The number of hydrogen-bond acceptors (Lipinski definition) is 2. The summed E-state index contributed by atoms with van der Waals surface area (Å²) in [7, 11) is 0. The zero-order valence-electron chi connectivity index (χ0n) is 9.97. The molecule has 1 fully saturated rings. The Labute approximate surface area is 87.7 Å². The van der Waals surface area contributed by atoms with Crippen LogP contribution in [0.2, 0.25) is 0 Å². The Hall–Kier alpha value is -0.370. The van der Waals surface area contributed by atoms with E-state index in [-0.39, 0.29) is 0 Å². The number of carbonyl (C=O) groups excluding carboxylic acids is 1. The molecule has 0 spiro atoms. The van der Waals surface area contributed by atoms with E-state index in [4.69, 9.17) is 0 Å². The van der Waals surface area contributed by atoms with Gasteiger partial charge in [0.2, 0.25) is 0 Å². The fourth-order valence-electron chi connectivity index (χ4n) is 1.94. The lowest BCUT2D eigenvalue weighted by Crippen LogP contribution is -2.44.